The molecular weight excluding hydrogens is 342 g/mol. The highest BCUT2D eigenvalue weighted by atomic mass is 16.5. The van der Waals surface area contributed by atoms with E-state index in [1.165, 1.54) is 0 Å². The first kappa shape index (κ1) is 16.1. The Morgan fingerprint density at radius 3 is 2.96 bits per heavy atom. The maximum atomic E-state index is 11.8. The molecule has 1 amide bonds. The zero-order chi connectivity index (χ0) is 18.4. The molecule has 7 heteroatoms. The Morgan fingerprint density at radius 1 is 1.26 bits per heavy atom. The summed E-state index contributed by atoms with van der Waals surface area (Å²) in [5.41, 5.74) is 3.49. The fourth-order valence-electron chi connectivity index (χ4n) is 3.91. The Balaban J connectivity index is 1.27. The van der Waals surface area contributed by atoms with Gasteiger partial charge in [-0.3, -0.25) is 4.79 Å². The number of ether oxygens (including phenoxy) is 1. The molecule has 138 valence electrons. The van der Waals surface area contributed by atoms with Gasteiger partial charge in [0.05, 0.1) is 24.0 Å². The molecule has 2 aliphatic heterocycles. The van der Waals surface area contributed by atoms with E-state index in [0.29, 0.717) is 12.1 Å². The van der Waals surface area contributed by atoms with Gasteiger partial charge in [0.25, 0.3) is 5.91 Å². The molecule has 0 aliphatic carbocycles. The Labute approximate surface area is 156 Å². The Morgan fingerprint density at radius 2 is 2.11 bits per heavy atom. The van der Waals surface area contributed by atoms with Gasteiger partial charge in [-0.05, 0) is 30.7 Å². The van der Waals surface area contributed by atoms with Gasteiger partial charge in [0, 0.05) is 37.5 Å². The molecule has 2 aliphatic rings. The van der Waals surface area contributed by atoms with Crippen molar-refractivity contribution in [3.63, 3.8) is 0 Å². The van der Waals surface area contributed by atoms with Crippen LogP contribution in [0.25, 0.3) is 11.0 Å². The first-order chi connectivity index (χ1) is 13.2. The molecule has 1 saturated heterocycles. The number of anilines is 1. The fraction of sp³-hybridized carbons (Fsp3) is 0.350. The van der Waals surface area contributed by atoms with Crippen LogP contribution in [0.15, 0.2) is 30.6 Å². The molecule has 0 atom stereocenters. The highest BCUT2D eigenvalue weighted by molar-refractivity contribution is 5.98. The van der Waals surface area contributed by atoms with Gasteiger partial charge in [0.15, 0.2) is 0 Å². The van der Waals surface area contributed by atoms with Crippen LogP contribution in [0.1, 0.15) is 34.5 Å². The van der Waals surface area contributed by atoms with Crippen LogP contribution in [0.5, 0.6) is 5.75 Å². The number of H-pyrrole nitrogens is 1. The van der Waals surface area contributed by atoms with Crippen molar-refractivity contribution in [2.75, 3.05) is 18.0 Å². The number of amides is 1. The van der Waals surface area contributed by atoms with E-state index in [2.05, 4.69) is 20.2 Å². The van der Waals surface area contributed by atoms with Crippen molar-refractivity contribution in [1.82, 2.24) is 20.3 Å². The molecule has 5 heterocycles. The number of aromatic amines is 1. The van der Waals surface area contributed by atoms with Crippen molar-refractivity contribution in [2.45, 2.75) is 32.4 Å². The van der Waals surface area contributed by atoms with Gasteiger partial charge < -0.3 is 19.9 Å². The summed E-state index contributed by atoms with van der Waals surface area (Å²) in [7, 11) is 0. The number of aryl methyl sites for hydroxylation is 1. The van der Waals surface area contributed by atoms with Crippen LogP contribution in [0.2, 0.25) is 0 Å². The number of pyridine rings is 2. The summed E-state index contributed by atoms with van der Waals surface area (Å²) >= 11 is 0. The van der Waals surface area contributed by atoms with Gasteiger partial charge in [0.2, 0.25) is 0 Å². The van der Waals surface area contributed by atoms with Crippen molar-refractivity contribution >= 4 is 22.8 Å². The van der Waals surface area contributed by atoms with Crippen LogP contribution >= 0.6 is 0 Å². The SMILES string of the molecule is Cc1cc2c(nc1N1CCC(Oc3cnc4[nH]ccc4c3)CC1)CNC2=O. The molecule has 0 radical (unpaired) electrons. The maximum Gasteiger partial charge on any atom is 0.253 e. The molecule has 2 N–H and O–H groups in total. The van der Waals surface area contributed by atoms with Crippen LogP contribution in [0, 0.1) is 6.92 Å². The molecule has 3 aromatic rings. The van der Waals surface area contributed by atoms with Gasteiger partial charge in [-0.2, -0.15) is 0 Å². The van der Waals surface area contributed by atoms with E-state index in [1.807, 2.05) is 31.3 Å². The lowest BCUT2D eigenvalue weighted by molar-refractivity contribution is 0.0965. The predicted octanol–water partition coefficient (Wildman–Crippen LogP) is 2.56. The van der Waals surface area contributed by atoms with Crippen molar-refractivity contribution in [3.8, 4) is 5.75 Å². The summed E-state index contributed by atoms with van der Waals surface area (Å²) in [5, 5.41) is 3.90. The van der Waals surface area contributed by atoms with E-state index in [9.17, 15) is 4.79 Å². The van der Waals surface area contributed by atoms with Crippen molar-refractivity contribution in [1.29, 1.82) is 0 Å². The number of fused-ring (bicyclic) bond motifs is 2. The number of piperidine rings is 1. The number of hydrogen-bond donors (Lipinski definition) is 2. The van der Waals surface area contributed by atoms with E-state index in [0.717, 1.165) is 59.8 Å². The number of rotatable bonds is 3. The smallest absolute Gasteiger partial charge is 0.253 e. The highest BCUT2D eigenvalue weighted by Crippen LogP contribution is 2.28. The first-order valence-electron chi connectivity index (χ1n) is 9.31. The van der Waals surface area contributed by atoms with E-state index in [1.54, 1.807) is 6.20 Å². The molecule has 7 nitrogen and oxygen atoms in total. The van der Waals surface area contributed by atoms with Gasteiger partial charge in [-0.25, -0.2) is 9.97 Å². The summed E-state index contributed by atoms with van der Waals surface area (Å²) in [6.45, 7) is 4.32. The second-order valence-electron chi connectivity index (χ2n) is 7.20. The van der Waals surface area contributed by atoms with Crippen LogP contribution < -0.4 is 15.0 Å². The Hall–Kier alpha value is -3.09. The van der Waals surface area contributed by atoms with Crippen LogP contribution in [0.3, 0.4) is 0 Å². The second kappa shape index (κ2) is 6.26. The monoisotopic (exact) mass is 363 g/mol. The molecule has 0 unspecified atom stereocenters. The third-order valence-corrected chi connectivity index (χ3v) is 5.35. The minimum atomic E-state index is -0.0211. The van der Waals surface area contributed by atoms with E-state index >= 15 is 0 Å². The number of carbonyl (C=O) groups is 1. The molecule has 0 bridgehead atoms. The van der Waals surface area contributed by atoms with Gasteiger partial charge >= 0.3 is 0 Å². The molecule has 27 heavy (non-hydrogen) atoms. The number of hydrogen-bond acceptors (Lipinski definition) is 5. The summed E-state index contributed by atoms with van der Waals surface area (Å²) in [6.07, 6.45) is 5.70. The molecule has 0 aromatic carbocycles. The third kappa shape index (κ3) is 2.89. The van der Waals surface area contributed by atoms with Crippen molar-refractivity contribution in [3.05, 3.63) is 47.4 Å². The van der Waals surface area contributed by atoms with Gasteiger partial charge in [0.1, 0.15) is 23.3 Å². The maximum absolute atomic E-state index is 11.8. The van der Waals surface area contributed by atoms with Gasteiger partial charge in [-0.1, -0.05) is 0 Å². The molecular formula is C20H21N5O2. The summed E-state index contributed by atoms with van der Waals surface area (Å²) in [5.74, 6) is 1.78. The fourth-order valence-corrected chi connectivity index (χ4v) is 3.91. The number of nitrogens with one attached hydrogen (secondary N) is 2. The standard InChI is InChI=1S/C20H21N5O2/c1-12-8-16-17(11-23-20(16)26)24-19(12)25-6-3-14(4-7-25)27-15-9-13-2-5-21-18(13)22-10-15/h2,5,8-10,14H,3-4,6-7,11H2,1H3,(H,21,22)(H,23,26). The normalized spacial score (nSPS) is 17.2. The van der Waals surface area contributed by atoms with Crippen LogP contribution in [-0.2, 0) is 6.54 Å². The molecule has 3 aromatic heterocycles. The molecule has 5 rings (SSSR count). The molecule has 0 spiro atoms. The minimum Gasteiger partial charge on any atom is -0.489 e. The lowest BCUT2D eigenvalue weighted by atomic mass is 10.1. The minimum absolute atomic E-state index is 0.0211. The quantitative estimate of drug-likeness (QED) is 0.747. The summed E-state index contributed by atoms with van der Waals surface area (Å²) < 4.78 is 6.16. The van der Waals surface area contributed by atoms with Crippen LogP contribution in [-0.4, -0.2) is 40.1 Å². The summed E-state index contributed by atoms with van der Waals surface area (Å²) in [4.78, 5) is 26.3. The average Bonchev–Trinajstić information content (AvgIpc) is 3.28. The zero-order valence-electron chi connectivity index (χ0n) is 15.2. The largest absolute Gasteiger partial charge is 0.489 e. The Bertz CT molecular complexity index is 1020. The van der Waals surface area contributed by atoms with Gasteiger partial charge in [-0.15, -0.1) is 0 Å². The van der Waals surface area contributed by atoms with Crippen molar-refractivity contribution < 1.29 is 9.53 Å². The zero-order valence-corrected chi connectivity index (χ0v) is 15.2. The van der Waals surface area contributed by atoms with E-state index in [4.69, 9.17) is 9.72 Å². The lowest BCUT2D eigenvalue weighted by Gasteiger charge is -2.33. The molecule has 1 fully saturated rings. The van der Waals surface area contributed by atoms with Crippen LogP contribution in [0.4, 0.5) is 5.82 Å². The average molecular weight is 363 g/mol. The Kier molecular flexibility index (Phi) is 3.74. The molecule has 0 saturated carbocycles. The number of nitrogens with zero attached hydrogens (tertiary/aromatic N) is 3. The van der Waals surface area contributed by atoms with Crippen molar-refractivity contribution in [2.24, 2.45) is 0 Å². The topological polar surface area (TPSA) is 83.1 Å². The summed E-state index contributed by atoms with van der Waals surface area (Å²) in [6, 6.07) is 5.99. The third-order valence-electron chi connectivity index (χ3n) is 5.35. The number of aromatic nitrogens is 3. The first-order valence-corrected chi connectivity index (χ1v) is 9.31. The lowest BCUT2D eigenvalue weighted by Crippen LogP contribution is -2.39. The highest BCUT2D eigenvalue weighted by Gasteiger charge is 2.26. The predicted molar refractivity (Wildman–Crippen MR) is 102 cm³/mol. The number of carbonyl (C=O) groups excluding carboxylic acids is 1. The van der Waals surface area contributed by atoms with E-state index in [-0.39, 0.29) is 12.0 Å². The van der Waals surface area contributed by atoms with E-state index < -0.39 is 0 Å². The second-order valence-corrected chi connectivity index (χ2v) is 7.20.